The number of carbonyl (C=O) groups is 2. The summed E-state index contributed by atoms with van der Waals surface area (Å²) < 4.78 is 6.24. The third-order valence-corrected chi connectivity index (χ3v) is 4.54. The minimum absolute atomic E-state index is 0.0381. The van der Waals surface area contributed by atoms with Crippen LogP contribution in [-0.2, 0) is 20.7 Å². The van der Waals surface area contributed by atoms with Crippen molar-refractivity contribution < 1.29 is 19.4 Å². The van der Waals surface area contributed by atoms with Gasteiger partial charge in [-0.15, -0.1) is 11.3 Å². The van der Waals surface area contributed by atoms with E-state index in [1.807, 2.05) is 12.1 Å². The van der Waals surface area contributed by atoms with Gasteiger partial charge >= 0.3 is 5.97 Å². The van der Waals surface area contributed by atoms with Gasteiger partial charge in [-0.05, 0) is 28.1 Å². The van der Waals surface area contributed by atoms with Crippen LogP contribution >= 0.6 is 27.3 Å². The average Bonchev–Trinajstić information content (AvgIpc) is 2.74. The summed E-state index contributed by atoms with van der Waals surface area (Å²) in [5.74, 6) is -0.948. The molecular formula is C12H14BrNO4S. The standard InChI is InChI=1S/C12H14BrNO4S/c13-10-2-1-9(19-10)6-11(15)14-3-4-18-7-8(14)5-12(16)17/h1-2,8H,3-7H2,(H,16,17). The van der Waals surface area contributed by atoms with Gasteiger partial charge in [0.25, 0.3) is 0 Å². The molecule has 1 saturated heterocycles. The SMILES string of the molecule is O=C(O)CC1COCCN1C(=O)Cc1ccc(Br)s1. The number of morpholine rings is 1. The number of carboxylic acid groups (broad SMARTS) is 1. The number of aliphatic carboxylic acids is 1. The molecule has 19 heavy (non-hydrogen) atoms. The lowest BCUT2D eigenvalue weighted by molar-refractivity contribution is -0.145. The Kier molecular flexibility index (Phi) is 4.95. The Morgan fingerprint density at radius 1 is 1.53 bits per heavy atom. The monoisotopic (exact) mass is 347 g/mol. The number of hydrogen-bond acceptors (Lipinski definition) is 4. The second-order valence-electron chi connectivity index (χ2n) is 4.30. The van der Waals surface area contributed by atoms with Crippen molar-refractivity contribution >= 4 is 39.1 Å². The Morgan fingerprint density at radius 2 is 2.32 bits per heavy atom. The zero-order chi connectivity index (χ0) is 13.8. The van der Waals surface area contributed by atoms with Crippen LogP contribution < -0.4 is 0 Å². The Hall–Kier alpha value is -0.920. The molecule has 7 heteroatoms. The van der Waals surface area contributed by atoms with Crippen LogP contribution in [-0.4, -0.2) is 47.7 Å². The van der Waals surface area contributed by atoms with Crippen molar-refractivity contribution in [2.75, 3.05) is 19.8 Å². The van der Waals surface area contributed by atoms with Gasteiger partial charge in [-0.3, -0.25) is 9.59 Å². The molecule has 1 N–H and O–H groups in total. The molecule has 2 rings (SSSR count). The smallest absolute Gasteiger partial charge is 0.305 e. The summed E-state index contributed by atoms with van der Waals surface area (Å²) in [6, 6.07) is 3.45. The number of rotatable bonds is 4. The molecular weight excluding hydrogens is 334 g/mol. The normalized spacial score (nSPS) is 19.4. The molecule has 0 aliphatic carbocycles. The molecule has 2 heterocycles. The van der Waals surface area contributed by atoms with E-state index in [1.54, 1.807) is 4.90 Å². The Morgan fingerprint density at radius 3 is 2.95 bits per heavy atom. The molecule has 1 aromatic rings. The van der Waals surface area contributed by atoms with Crippen molar-refractivity contribution in [3.63, 3.8) is 0 Å². The Labute approximate surface area is 123 Å². The van der Waals surface area contributed by atoms with Gasteiger partial charge in [0.1, 0.15) is 0 Å². The van der Waals surface area contributed by atoms with Crippen LogP contribution in [0, 0.1) is 0 Å². The van der Waals surface area contributed by atoms with Crippen molar-refractivity contribution in [2.45, 2.75) is 18.9 Å². The summed E-state index contributed by atoms with van der Waals surface area (Å²) >= 11 is 4.88. The summed E-state index contributed by atoms with van der Waals surface area (Å²) in [6.07, 6.45) is 0.242. The molecule has 0 saturated carbocycles. The number of halogens is 1. The molecule has 0 bridgehead atoms. The number of amides is 1. The highest BCUT2D eigenvalue weighted by Gasteiger charge is 2.29. The molecule has 1 aliphatic heterocycles. The van der Waals surface area contributed by atoms with Gasteiger partial charge in [0, 0.05) is 11.4 Å². The molecule has 5 nitrogen and oxygen atoms in total. The first-order valence-corrected chi connectivity index (χ1v) is 7.50. The van der Waals surface area contributed by atoms with E-state index in [-0.39, 0.29) is 18.4 Å². The highest BCUT2D eigenvalue weighted by atomic mass is 79.9. The second kappa shape index (κ2) is 6.49. The van der Waals surface area contributed by atoms with Gasteiger partial charge in [-0.25, -0.2) is 0 Å². The third kappa shape index (κ3) is 4.02. The van der Waals surface area contributed by atoms with E-state index in [1.165, 1.54) is 11.3 Å². The van der Waals surface area contributed by atoms with Crippen molar-refractivity contribution in [3.8, 4) is 0 Å². The van der Waals surface area contributed by atoms with Crippen molar-refractivity contribution in [1.82, 2.24) is 4.90 Å². The first kappa shape index (κ1) is 14.5. The number of nitrogens with zero attached hydrogens (tertiary/aromatic N) is 1. The lowest BCUT2D eigenvalue weighted by atomic mass is 10.1. The maximum absolute atomic E-state index is 12.2. The van der Waals surface area contributed by atoms with Gasteiger partial charge in [0.2, 0.25) is 5.91 Å². The molecule has 1 atom stereocenters. The van der Waals surface area contributed by atoms with Crippen LogP contribution in [0.15, 0.2) is 15.9 Å². The van der Waals surface area contributed by atoms with Crippen molar-refractivity contribution in [1.29, 1.82) is 0 Å². The fraction of sp³-hybridized carbons (Fsp3) is 0.500. The maximum Gasteiger partial charge on any atom is 0.305 e. The number of hydrogen-bond donors (Lipinski definition) is 1. The van der Waals surface area contributed by atoms with E-state index in [0.717, 1.165) is 8.66 Å². The van der Waals surface area contributed by atoms with E-state index in [2.05, 4.69) is 15.9 Å². The highest BCUT2D eigenvalue weighted by Crippen LogP contribution is 2.23. The third-order valence-electron chi connectivity index (χ3n) is 2.91. The zero-order valence-corrected chi connectivity index (χ0v) is 12.6. The van der Waals surface area contributed by atoms with E-state index in [0.29, 0.717) is 26.2 Å². The molecule has 0 spiro atoms. The molecule has 1 fully saturated rings. The van der Waals surface area contributed by atoms with Crippen LogP contribution in [0.3, 0.4) is 0 Å². The summed E-state index contributed by atoms with van der Waals surface area (Å²) in [7, 11) is 0. The molecule has 1 unspecified atom stereocenters. The van der Waals surface area contributed by atoms with Gasteiger partial charge in [0.05, 0.1) is 35.9 Å². The lowest BCUT2D eigenvalue weighted by Crippen LogP contribution is -2.50. The Bertz CT molecular complexity index is 476. The molecule has 104 valence electrons. The minimum Gasteiger partial charge on any atom is -0.481 e. The van der Waals surface area contributed by atoms with E-state index in [9.17, 15) is 9.59 Å². The predicted octanol–water partition coefficient (Wildman–Crippen LogP) is 1.76. The molecule has 1 aromatic heterocycles. The van der Waals surface area contributed by atoms with Crippen LogP contribution in [0.25, 0.3) is 0 Å². The van der Waals surface area contributed by atoms with Gasteiger partial charge < -0.3 is 14.7 Å². The van der Waals surface area contributed by atoms with Gasteiger partial charge in [0.15, 0.2) is 0 Å². The first-order chi connectivity index (χ1) is 9.06. The maximum atomic E-state index is 12.2. The van der Waals surface area contributed by atoms with Crippen molar-refractivity contribution in [2.24, 2.45) is 0 Å². The number of thiophene rings is 1. The highest BCUT2D eigenvalue weighted by molar-refractivity contribution is 9.11. The summed E-state index contributed by atoms with van der Waals surface area (Å²) in [4.78, 5) is 25.6. The van der Waals surface area contributed by atoms with Crippen LogP contribution in [0.1, 0.15) is 11.3 Å². The fourth-order valence-corrected chi connectivity index (χ4v) is 3.53. The lowest BCUT2D eigenvalue weighted by Gasteiger charge is -2.34. The number of carboxylic acids is 1. The molecule has 1 amide bonds. The van der Waals surface area contributed by atoms with Gasteiger partial charge in [-0.2, -0.15) is 0 Å². The van der Waals surface area contributed by atoms with E-state index in [4.69, 9.17) is 9.84 Å². The zero-order valence-electron chi connectivity index (χ0n) is 10.2. The second-order valence-corrected chi connectivity index (χ2v) is 6.84. The van der Waals surface area contributed by atoms with Crippen LogP contribution in [0.2, 0.25) is 0 Å². The quantitative estimate of drug-likeness (QED) is 0.900. The minimum atomic E-state index is -0.910. The van der Waals surface area contributed by atoms with Gasteiger partial charge in [-0.1, -0.05) is 0 Å². The average molecular weight is 348 g/mol. The largest absolute Gasteiger partial charge is 0.481 e. The first-order valence-electron chi connectivity index (χ1n) is 5.89. The summed E-state index contributed by atoms with van der Waals surface area (Å²) in [6.45, 7) is 1.23. The topological polar surface area (TPSA) is 66.8 Å². The number of carbonyl (C=O) groups excluding carboxylic acids is 1. The van der Waals surface area contributed by atoms with Crippen molar-refractivity contribution in [3.05, 3.63) is 20.8 Å². The fourth-order valence-electron chi connectivity index (χ4n) is 2.05. The van der Waals surface area contributed by atoms with E-state index >= 15 is 0 Å². The van der Waals surface area contributed by atoms with Crippen LogP contribution in [0.4, 0.5) is 0 Å². The molecule has 0 aromatic carbocycles. The van der Waals surface area contributed by atoms with Crippen LogP contribution in [0.5, 0.6) is 0 Å². The summed E-state index contributed by atoms with van der Waals surface area (Å²) in [5.41, 5.74) is 0. The molecule has 0 radical (unpaired) electrons. The Balaban J connectivity index is 2.00. The molecule has 1 aliphatic rings. The predicted molar refractivity (Wildman–Crippen MR) is 74.3 cm³/mol. The summed E-state index contributed by atoms with van der Waals surface area (Å²) in [5, 5.41) is 8.86. The van der Waals surface area contributed by atoms with E-state index < -0.39 is 5.97 Å². The number of ether oxygens (including phenoxy) is 1.